The summed E-state index contributed by atoms with van der Waals surface area (Å²) in [7, 11) is 0. The van der Waals surface area contributed by atoms with Crippen LogP contribution in [0, 0.1) is 5.41 Å². The van der Waals surface area contributed by atoms with Crippen molar-refractivity contribution in [2.45, 2.75) is 37.6 Å². The van der Waals surface area contributed by atoms with Crippen LogP contribution in [-0.2, 0) is 4.74 Å². The minimum Gasteiger partial charge on any atom is -0.448 e. The summed E-state index contributed by atoms with van der Waals surface area (Å²) in [5, 5.41) is 9.81. The Morgan fingerprint density at radius 1 is 1.04 bits per heavy atom. The van der Waals surface area contributed by atoms with Gasteiger partial charge in [-0.3, -0.25) is 0 Å². The molecule has 0 spiro atoms. The van der Waals surface area contributed by atoms with Gasteiger partial charge >= 0.3 is 6.09 Å². The van der Waals surface area contributed by atoms with E-state index in [9.17, 15) is 9.90 Å². The van der Waals surface area contributed by atoms with E-state index in [1.807, 2.05) is 17.0 Å². The number of nitrogens with zero attached hydrogens (tertiary/aromatic N) is 1. The van der Waals surface area contributed by atoms with Gasteiger partial charge in [0.25, 0.3) is 0 Å². The van der Waals surface area contributed by atoms with E-state index in [1.165, 1.54) is 22.3 Å². The molecule has 1 saturated carbocycles. The molecule has 0 aromatic heterocycles. The predicted molar refractivity (Wildman–Crippen MR) is 104 cm³/mol. The van der Waals surface area contributed by atoms with Gasteiger partial charge in [0, 0.05) is 23.9 Å². The Kier molecular flexibility index (Phi) is 3.97. The fourth-order valence-corrected chi connectivity index (χ4v) is 5.27. The number of benzene rings is 2. The zero-order chi connectivity index (χ0) is 18.4. The van der Waals surface area contributed by atoms with E-state index >= 15 is 0 Å². The Hall–Kier alpha value is -2.33. The monoisotopic (exact) mass is 363 g/mol. The van der Waals surface area contributed by atoms with Gasteiger partial charge in [-0.15, -0.1) is 0 Å². The minimum atomic E-state index is -0.223. The van der Waals surface area contributed by atoms with Crippen LogP contribution in [0.1, 0.15) is 42.7 Å². The summed E-state index contributed by atoms with van der Waals surface area (Å²) >= 11 is 0. The van der Waals surface area contributed by atoms with Crippen LogP contribution >= 0.6 is 0 Å². The van der Waals surface area contributed by atoms with Gasteiger partial charge in [0.15, 0.2) is 0 Å². The quantitative estimate of drug-likeness (QED) is 0.890. The summed E-state index contributed by atoms with van der Waals surface area (Å²) in [4.78, 5) is 14.7. The van der Waals surface area contributed by atoms with Crippen molar-refractivity contribution in [3.05, 3.63) is 59.7 Å². The van der Waals surface area contributed by atoms with Crippen LogP contribution in [0.5, 0.6) is 0 Å². The van der Waals surface area contributed by atoms with Crippen LogP contribution in [0.3, 0.4) is 0 Å². The Bertz CT molecular complexity index is 824. The normalized spacial score (nSPS) is 26.0. The van der Waals surface area contributed by atoms with Gasteiger partial charge in [-0.25, -0.2) is 4.79 Å². The second-order valence-electron chi connectivity index (χ2n) is 8.32. The maximum Gasteiger partial charge on any atom is 0.410 e. The number of aliphatic hydroxyl groups is 1. The molecule has 140 valence electrons. The van der Waals surface area contributed by atoms with E-state index in [1.54, 1.807) is 0 Å². The maximum atomic E-state index is 12.8. The van der Waals surface area contributed by atoms with Crippen molar-refractivity contribution in [3.8, 4) is 11.1 Å². The van der Waals surface area contributed by atoms with E-state index in [2.05, 4.69) is 36.4 Å². The topological polar surface area (TPSA) is 49.8 Å². The average molecular weight is 363 g/mol. The molecule has 0 atom stereocenters. The zero-order valence-electron chi connectivity index (χ0n) is 15.4. The van der Waals surface area contributed by atoms with Crippen molar-refractivity contribution < 1.29 is 14.6 Å². The van der Waals surface area contributed by atoms with E-state index in [0.29, 0.717) is 13.2 Å². The van der Waals surface area contributed by atoms with Gasteiger partial charge < -0.3 is 14.7 Å². The van der Waals surface area contributed by atoms with Crippen LogP contribution in [0.2, 0.25) is 0 Å². The van der Waals surface area contributed by atoms with E-state index in [0.717, 1.165) is 25.7 Å². The minimum absolute atomic E-state index is 0.0927. The Morgan fingerprint density at radius 2 is 1.63 bits per heavy atom. The highest BCUT2D eigenvalue weighted by Gasteiger charge is 2.46. The molecule has 2 aliphatic heterocycles. The maximum absolute atomic E-state index is 12.8. The molecule has 2 saturated heterocycles. The van der Waals surface area contributed by atoms with Gasteiger partial charge in [0.2, 0.25) is 0 Å². The standard InChI is InChI=1S/C23H25NO3/c25-15-23-11-9-16(10-12-23)24(14-23)22(26)27-13-21-19-7-3-1-5-17(19)18-6-2-4-8-20(18)21/h1-8,16,21,25H,9-15H2. The van der Waals surface area contributed by atoms with E-state index in [4.69, 9.17) is 4.74 Å². The molecule has 3 fully saturated rings. The second-order valence-corrected chi connectivity index (χ2v) is 8.32. The molecule has 1 N–H and O–H groups in total. The third-order valence-corrected chi connectivity index (χ3v) is 6.87. The molecule has 2 heterocycles. The molecule has 4 heteroatoms. The number of carbonyl (C=O) groups excluding carboxylic acids is 1. The molecule has 2 bridgehead atoms. The fourth-order valence-electron chi connectivity index (χ4n) is 5.27. The van der Waals surface area contributed by atoms with Crippen LogP contribution in [0.4, 0.5) is 4.79 Å². The van der Waals surface area contributed by atoms with Gasteiger partial charge in [-0.2, -0.15) is 0 Å². The first-order chi connectivity index (χ1) is 13.2. The van der Waals surface area contributed by atoms with Gasteiger partial charge in [-0.1, -0.05) is 48.5 Å². The summed E-state index contributed by atoms with van der Waals surface area (Å²) in [6.45, 7) is 1.15. The van der Waals surface area contributed by atoms with Crippen LogP contribution in [0.15, 0.2) is 48.5 Å². The lowest BCUT2D eigenvalue weighted by molar-refractivity contribution is -0.0464. The molecule has 4 nitrogen and oxygen atoms in total. The third kappa shape index (κ3) is 2.66. The lowest BCUT2D eigenvalue weighted by atomic mass is 9.68. The summed E-state index contributed by atoms with van der Waals surface area (Å²) in [5.74, 6) is 0.0927. The number of piperidine rings is 2. The van der Waals surface area contributed by atoms with Crippen LogP contribution in [0.25, 0.3) is 11.1 Å². The van der Waals surface area contributed by atoms with E-state index in [-0.39, 0.29) is 30.1 Å². The van der Waals surface area contributed by atoms with Crippen LogP contribution < -0.4 is 0 Å². The zero-order valence-corrected chi connectivity index (χ0v) is 15.4. The Balaban J connectivity index is 1.34. The SMILES string of the molecule is O=C(OCC1c2ccccc2-c2ccccc21)N1CC2(CO)CCC1CC2. The number of carbonyl (C=O) groups is 1. The molecular weight excluding hydrogens is 338 g/mol. The highest BCUT2D eigenvalue weighted by Crippen LogP contribution is 2.46. The molecule has 4 aliphatic rings. The average Bonchev–Trinajstić information content (AvgIpc) is 3.06. The highest BCUT2D eigenvalue weighted by molar-refractivity contribution is 5.79. The summed E-state index contributed by atoms with van der Waals surface area (Å²) < 4.78 is 5.83. The van der Waals surface area contributed by atoms with Crippen molar-refractivity contribution in [3.63, 3.8) is 0 Å². The van der Waals surface area contributed by atoms with Crippen molar-refractivity contribution in [2.24, 2.45) is 5.41 Å². The lowest BCUT2D eigenvalue weighted by Crippen LogP contribution is -2.57. The number of fused-ring (bicyclic) bond motifs is 6. The number of rotatable bonds is 3. The summed E-state index contributed by atoms with van der Waals surface area (Å²) in [5.41, 5.74) is 4.84. The Morgan fingerprint density at radius 3 is 2.22 bits per heavy atom. The number of ether oxygens (including phenoxy) is 1. The number of hydrogen-bond donors (Lipinski definition) is 1. The molecule has 1 amide bonds. The van der Waals surface area contributed by atoms with Gasteiger partial charge in [0.05, 0.1) is 6.61 Å². The number of amides is 1. The molecule has 2 aliphatic carbocycles. The lowest BCUT2D eigenvalue weighted by Gasteiger charge is -2.51. The molecule has 0 unspecified atom stereocenters. The molecule has 2 aromatic rings. The third-order valence-electron chi connectivity index (χ3n) is 6.87. The summed E-state index contributed by atoms with van der Waals surface area (Å²) in [6.07, 6.45) is 3.76. The molecule has 6 rings (SSSR count). The summed E-state index contributed by atoms with van der Waals surface area (Å²) in [6, 6.07) is 17.0. The number of hydrogen-bond acceptors (Lipinski definition) is 3. The first kappa shape index (κ1) is 16.8. The van der Waals surface area contributed by atoms with Crippen molar-refractivity contribution in [1.29, 1.82) is 0 Å². The molecule has 0 radical (unpaired) electrons. The smallest absolute Gasteiger partial charge is 0.410 e. The van der Waals surface area contributed by atoms with Crippen molar-refractivity contribution >= 4 is 6.09 Å². The first-order valence-electron chi connectivity index (χ1n) is 9.93. The molecule has 2 aromatic carbocycles. The van der Waals surface area contributed by atoms with Gasteiger partial charge in [0.1, 0.15) is 6.61 Å². The first-order valence-corrected chi connectivity index (χ1v) is 9.93. The molecular formula is C23H25NO3. The van der Waals surface area contributed by atoms with Crippen molar-refractivity contribution in [1.82, 2.24) is 4.90 Å². The highest BCUT2D eigenvalue weighted by atomic mass is 16.6. The number of aliphatic hydroxyl groups excluding tert-OH is 1. The second kappa shape index (κ2) is 6.38. The molecule has 27 heavy (non-hydrogen) atoms. The van der Waals surface area contributed by atoms with Crippen molar-refractivity contribution in [2.75, 3.05) is 19.8 Å². The fraction of sp³-hybridized carbons (Fsp3) is 0.435. The van der Waals surface area contributed by atoms with E-state index < -0.39 is 0 Å². The largest absolute Gasteiger partial charge is 0.448 e. The van der Waals surface area contributed by atoms with Gasteiger partial charge in [-0.05, 0) is 47.9 Å². The Labute approximate surface area is 159 Å². The predicted octanol–water partition coefficient (Wildman–Crippen LogP) is 4.17. The van der Waals surface area contributed by atoms with Crippen LogP contribution in [-0.4, -0.2) is 41.9 Å².